The van der Waals surface area contributed by atoms with Crippen LogP contribution in [0.2, 0.25) is 0 Å². The molecule has 2 rings (SSSR count). The number of nitrogens with two attached hydrogens (primary N) is 1. The van der Waals surface area contributed by atoms with Crippen molar-refractivity contribution >= 4 is 26.7 Å². The first-order valence-corrected chi connectivity index (χ1v) is 6.69. The van der Waals surface area contributed by atoms with Gasteiger partial charge >= 0.3 is 0 Å². The van der Waals surface area contributed by atoms with Gasteiger partial charge < -0.3 is 5.43 Å². The molecule has 6 nitrogen and oxygen atoms in total. The fourth-order valence-electron chi connectivity index (χ4n) is 1.56. The van der Waals surface area contributed by atoms with Crippen LogP contribution in [-0.4, -0.2) is 31.8 Å². The van der Waals surface area contributed by atoms with Gasteiger partial charge in [-0.05, 0) is 30.3 Å². The van der Waals surface area contributed by atoms with Gasteiger partial charge in [0.25, 0.3) is 0 Å². The predicted molar refractivity (Wildman–Crippen MR) is 70.4 cm³/mol. The van der Waals surface area contributed by atoms with E-state index < -0.39 is 10.0 Å². The van der Waals surface area contributed by atoms with Crippen molar-refractivity contribution in [1.29, 1.82) is 0 Å². The van der Waals surface area contributed by atoms with Crippen molar-refractivity contribution in [1.82, 2.24) is 9.29 Å². The number of aromatic nitrogens is 1. The SMILES string of the molecule is CN(C)S(=O)(=O)c1ccc2nc(NN)ccc2c1. The molecule has 0 aliphatic rings. The molecule has 0 bridgehead atoms. The Morgan fingerprint density at radius 3 is 2.56 bits per heavy atom. The standard InChI is InChI=1S/C11H14N4O2S/c1-15(2)18(16,17)9-4-5-10-8(7-9)3-6-11(13-10)14-12/h3-7H,12H2,1-2H3,(H,13,14). The van der Waals surface area contributed by atoms with Gasteiger partial charge in [-0.2, -0.15) is 0 Å². The van der Waals surface area contributed by atoms with Crippen molar-refractivity contribution in [2.45, 2.75) is 4.90 Å². The van der Waals surface area contributed by atoms with Gasteiger partial charge in [0.15, 0.2) is 0 Å². The van der Waals surface area contributed by atoms with Gasteiger partial charge in [0.2, 0.25) is 10.0 Å². The Hall–Kier alpha value is -1.70. The molecule has 0 radical (unpaired) electrons. The Morgan fingerprint density at radius 1 is 1.22 bits per heavy atom. The van der Waals surface area contributed by atoms with E-state index in [4.69, 9.17) is 5.84 Å². The molecule has 0 fully saturated rings. The van der Waals surface area contributed by atoms with E-state index in [9.17, 15) is 8.42 Å². The summed E-state index contributed by atoms with van der Waals surface area (Å²) in [5.74, 6) is 5.80. The van der Waals surface area contributed by atoms with E-state index in [1.54, 1.807) is 24.3 Å². The molecule has 1 aromatic heterocycles. The van der Waals surface area contributed by atoms with E-state index in [1.165, 1.54) is 24.5 Å². The molecule has 0 saturated heterocycles. The van der Waals surface area contributed by atoms with Crippen LogP contribution < -0.4 is 11.3 Å². The number of nitrogens with zero attached hydrogens (tertiary/aromatic N) is 2. The molecule has 0 spiro atoms. The maximum absolute atomic E-state index is 12.0. The third-order valence-corrected chi connectivity index (χ3v) is 4.40. The lowest BCUT2D eigenvalue weighted by Crippen LogP contribution is -2.22. The van der Waals surface area contributed by atoms with E-state index in [2.05, 4.69) is 10.4 Å². The summed E-state index contributed by atoms with van der Waals surface area (Å²) in [4.78, 5) is 4.46. The number of anilines is 1. The van der Waals surface area contributed by atoms with Gasteiger partial charge in [0.05, 0.1) is 10.4 Å². The van der Waals surface area contributed by atoms with Crippen molar-refractivity contribution < 1.29 is 8.42 Å². The van der Waals surface area contributed by atoms with Crippen molar-refractivity contribution in [3.05, 3.63) is 30.3 Å². The van der Waals surface area contributed by atoms with Crippen molar-refractivity contribution in [3.8, 4) is 0 Å². The maximum Gasteiger partial charge on any atom is 0.242 e. The number of benzene rings is 1. The van der Waals surface area contributed by atoms with Crippen molar-refractivity contribution in [2.24, 2.45) is 5.84 Å². The second kappa shape index (κ2) is 4.52. The molecule has 7 heteroatoms. The van der Waals surface area contributed by atoms with E-state index in [1.807, 2.05) is 0 Å². The largest absolute Gasteiger partial charge is 0.308 e. The second-order valence-electron chi connectivity index (χ2n) is 3.98. The molecule has 1 heterocycles. The Bertz CT molecular complexity index is 683. The molecule has 0 aliphatic carbocycles. The van der Waals surface area contributed by atoms with Gasteiger partial charge in [0, 0.05) is 19.5 Å². The number of nitrogen functional groups attached to an aromatic ring is 1. The predicted octanol–water partition coefficient (Wildman–Crippen LogP) is 0.771. The number of hydrogen-bond acceptors (Lipinski definition) is 5. The minimum Gasteiger partial charge on any atom is -0.308 e. The molecule has 0 saturated carbocycles. The zero-order chi connectivity index (χ0) is 13.3. The molecular weight excluding hydrogens is 252 g/mol. The average Bonchev–Trinajstić information content (AvgIpc) is 2.37. The van der Waals surface area contributed by atoms with Gasteiger partial charge in [0.1, 0.15) is 5.82 Å². The third kappa shape index (κ3) is 2.15. The summed E-state index contributed by atoms with van der Waals surface area (Å²) in [6.07, 6.45) is 0. The molecule has 3 N–H and O–H groups in total. The Labute approximate surface area is 105 Å². The number of hydrogen-bond donors (Lipinski definition) is 2. The molecule has 1 aromatic carbocycles. The summed E-state index contributed by atoms with van der Waals surface area (Å²) in [7, 11) is -0.420. The zero-order valence-electron chi connectivity index (χ0n) is 10.1. The van der Waals surface area contributed by atoms with Gasteiger partial charge in [-0.3, -0.25) is 0 Å². The lowest BCUT2D eigenvalue weighted by molar-refractivity contribution is 0.521. The number of rotatable bonds is 3. The van der Waals surface area contributed by atoms with E-state index in [0.29, 0.717) is 11.3 Å². The second-order valence-corrected chi connectivity index (χ2v) is 6.13. The van der Waals surface area contributed by atoms with Crippen LogP contribution in [0.5, 0.6) is 0 Å². The number of hydrazine groups is 1. The maximum atomic E-state index is 12.0. The summed E-state index contributed by atoms with van der Waals surface area (Å²) in [5, 5.41) is 0.747. The monoisotopic (exact) mass is 266 g/mol. The van der Waals surface area contributed by atoms with Crippen molar-refractivity contribution in [2.75, 3.05) is 19.5 Å². The normalized spacial score (nSPS) is 12.0. The fourth-order valence-corrected chi connectivity index (χ4v) is 2.49. The van der Waals surface area contributed by atoms with Crippen molar-refractivity contribution in [3.63, 3.8) is 0 Å². The van der Waals surface area contributed by atoms with Crippen LogP contribution in [0.25, 0.3) is 10.9 Å². The van der Waals surface area contributed by atoms with Crippen LogP contribution in [0.1, 0.15) is 0 Å². The lowest BCUT2D eigenvalue weighted by Gasteiger charge is -2.11. The van der Waals surface area contributed by atoms with Gasteiger partial charge in [-0.15, -0.1) is 0 Å². The van der Waals surface area contributed by atoms with Gasteiger partial charge in [-0.1, -0.05) is 0 Å². The van der Waals surface area contributed by atoms with E-state index in [-0.39, 0.29) is 4.90 Å². The molecule has 0 unspecified atom stereocenters. The highest BCUT2D eigenvalue weighted by Gasteiger charge is 2.17. The first kappa shape index (κ1) is 12.7. The Morgan fingerprint density at radius 2 is 1.94 bits per heavy atom. The zero-order valence-corrected chi connectivity index (χ0v) is 10.9. The minimum atomic E-state index is -3.42. The molecule has 2 aromatic rings. The molecule has 18 heavy (non-hydrogen) atoms. The highest BCUT2D eigenvalue weighted by Crippen LogP contribution is 2.20. The average molecular weight is 266 g/mol. The third-order valence-electron chi connectivity index (χ3n) is 2.59. The highest BCUT2D eigenvalue weighted by atomic mass is 32.2. The van der Waals surface area contributed by atoms with Crippen LogP contribution in [0.3, 0.4) is 0 Å². The summed E-state index contributed by atoms with van der Waals surface area (Å²) >= 11 is 0. The smallest absolute Gasteiger partial charge is 0.242 e. The summed E-state index contributed by atoms with van der Waals surface area (Å²) < 4.78 is 25.1. The minimum absolute atomic E-state index is 0.246. The number of fused-ring (bicyclic) bond motifs is 1. The van der Waals surface area contributed by atoms with Crippen LogP contribution in [0.15, 0.2) is 35.2 Å². The lowest BCUT2D eigenvalue weighted by atomic mass is 10.2. The topological polar surface area (TPSA) is 88.3 Å². The van der Waals surface area contributed by atoms with E-state index >= 15 is 0 Å². The number of pyridine rings is 1. The van der Waals surface area contributed by atoms with Crippen LogP contribution in [0, 0.1) is 0 Å². The van der Waals surface area contributed by atoms with Crippen LogP contribution >= 0.6 is 0 Å². The molecule has 0 atom stereocenters. The van der Waals surface area contributed by atoms with Gasteiger partial charge in [-0.25, -0.2) is 23.5 Å². The van der Waals surface area contributed by atoms with Crippen LogP contribution in [0.4, 0.5) is 5.82 Å². The first-order chi connectivity index (χ1) is 8.45. The quantitative estimate of drug-likeness (QED) is 0.633. The van der Waals surface area contributed by atoms with E-state index in [0.717, 1.165) is 5.39 Å². The Balaban J connectivity index is 2.59. The summed E-state index contributed by atoms with van der Waals surface area (Å²) in [6.45, 7) is 0. The molecule has 0 aliphatic heterocycles. The summed E-state index contributed by atoms with van der Waals surface area (Å²) in [6, 6.07) is 8.25. The van der Waals surface area contributed by atoms with Crippen LogP contribution in [-0.2, 0) is 10.0 Å². The fraction of sp³-hybridized carbons (Fsp3) is 0.182. The first-order valence-electron chi connectivity index (χ1n) is 5.25. The molecule has 96 valence electrons. The number of nitrogens with one attached hydrogen (secondary N) is 1. The Kier molecular flexibility index (Phi) is 3.20. The highest BCUT2D eigenvalue weighted by molar-refractivity contribution is 7.89. The number of sulfonamides is 1. The molecule has 0 amide bonds. The molecular formula is C11H14N4O2S. The summed E-state index contributed by atoms with van der Waals surface area (Å²) in [5.41, 5.74) is 3.13.